The second-order valence-electron chi connectivity index (χ2n) is 3.23. The quantitative estimate of drug-likeness (QED) is 0.799. The van der Waals surface area contributed by atoms with Crippen molar-refractivity contribution in [2.24, 2.45) is 0 Å². The van der Waals surface area contributed by atoms with Crippen LogP contribution in [0.1, 0.15) is 15.9 Å². The smallest absolute Gasteiger partial charge is 0.254 e. The Kier molecular flexibility index (Phi) is 4.62. The average Bonchev–Trinajstić information content (AvgIpc) is 2.22. The van der Waals surface area contributed by atoms with Crippen LogP contribution < -0.4 is 5.32 Å². The zero-order valence-corrected chi connectivity index (χ0v) is 9.66. The first-order chi connectivity index (χ1) is 7.15. The molecule has 82 valence electrons. The zero-order chi connectivity index (χ0) is 11.3. The van der Waals surface area contributed by atoms with E-state index in [2.05, 4.69) is 5.32 Å². The maximum atomic E-state index is 13.3. The van der Waals surface area contributed by atoms with E-state index in [1.54, 1.807) is 23.9 Å². The highest BCUT2D eigenvalue weighted by Crippen LogP contribution is 2.09. The second-order valence-corrected chi connectivity index (χ2v) is 4.22. The Balaban J connectivity index is 2.68. The van der Waals surface area contributed by atoms with E-state index in [-0.39, 0.29) is 11.5 Å². The van der Waals surface area contributed by atoms with Crippen LogP contribution in [0.25, 0.3) is 0 Å². The predicted octanol–water partition coefficient (Wildman–Crippen LogP) is 2.23. The molecule has 0 radical (unpaired) electrons. The maximum absolute atomic E-state index is 13.3. The van der Waals surface area contributed by atoms with Gasteiger partial charge in [-0.25, -0.2) is 4.39 Å². The van der Waals surface area contributed by atoms with Crippen molar-refractivity contribution in [1.82, 2.24) is 5.32 Å². The number of nitrogens with one attached hydrogen (secondary N) is 1. The first kappa shape index (κ1) is 12.0. The van der Waals surface area contributed by atoms with E-state index in [0.29, 0.717) is 6.54 Å². The summed E-state index contributed by atoms with van der Waals surface area (Å²) in [7, 11) is 0. The normalized spacial score (nSPS) is 10.1. The molecule has 0 saturated heterocycles. The fourth-order valence-electron chi connectivity index (χ4n) is 1.17. The molecule has 1 rings (SSSR count). The summed E-state index contributed by atoms with van der Waals surface area (Å²) in [5.41, 5.74) is 1.00. The van der Waals surface area contributed by atoms with Crippen molar-refractivity contribution >= 4 is 17.7 Å². The van der Waals surface area contributed by atoms with E-state index < -0.39 is 5.82 Å². The molecule has 0 aliphatic carbocycles. The molecule has 0 heterocycles. The number of amides is 1. The molecule has 0 aliphatic heterocycles. The van der Waals surface area contributed by atoms with E-state index in [9.17, 15) is 9.18 Å². The van der Waals surface area contributed by atoms with Crippen LogP contribution in [0.2, 0.25) is 0 Å². The monoisotopic (exact) mass is 227 g/mol. The van der Waals surface area contributed by atoms with Crippen LogP contribution in [0.3, 0.4) is 0 Å². The average molecular weight is 227 g/mol. The van der Waals surface area contributed by atoms with Gasteiger partial charge in [-0.15, -0.1) is 0 Å². The van der Waals surface area contributed by atoms with Crippen molar-refractivity contribution in [3.05, 3.63) is 35.1 Å². The second kappa shape index (κ2) is 5.75. The summed E-state index contributed by atoms with van der Waals surface area (Å²) in [5.74, 6) is 0.0200. The molecule has 1 amide bonds. The minimum Gasteiger partial charge on any atom is -0.351 e. The number of benzene rings is 1. The minimum atomic E-state index is -0.470. The lowest BCUT2D eigenvalue weighted by atomic mass is 10.1. The van der Waals surface area contributed by atoms with E-state index in [1.807, 2.05) is 13.2 Å². The van der Waals surface area contributed by atoms with Crippen molar-refractivity contribution in [3.8, 4) is 0 Å². The van der Waals surface area contributed by atoms with Gasteiger partial charge in [0.2, 0.25) is 0 Å². The first-order valence-corrected chi connectivity index (χ1v) is 6.08. The van der Waals surface area contributed by atoms with Crippen molar-refractivity contribution in [1.29, 1.82) is 0 Å². The van der Waals surface area contributed by atoms with Crippen LogP contribution in [-0.2, 0) is 0 Å². The van der Waals surface area contributed by atoms with Crippen molar-refractivity contribution in [2.45, 2.75) is 6.92 Å². The molecule has 0 atom stereocenters. The molecular formula is C11H14FNOS. The van der Waals surface area contributed by atoms with Gasteiger partial charge in [0, 0.05) is 12.3 Å². The Morgan fingerprint density at radius 3 is 2.93 bits per heavy atom. The zero-order valence-electron chi connectivity index (χ0n) is 8.84. The Labute approximate surface area is 93.3 Å². The lowest BCUT2D eigenvalue weighted by Gasteiger charge is -2.05. The van der Waals surface area contributed by atoms with Crippen LogP contribution in [-0.4, -0.2) is 24.5 Å². The maximum Gasteiger partial charge on any atom is 0.254 e. The molecule has 4 heteroatoms. The summed E-state index contributed by atoms with van der Waals surface area (Å²) >= 11 is 1.64. The van der Waals surface area contributed by atoms with Gasteiger partial charge in [0.1, 0.15) is 5.82 Å². The van der Waals surface area contributed by atoms with Gasteiger partial charge >= 0.3 is 0 Å². The highest BCUT2D eigenvalue weighted by Gasteiger charge is 2.10. The molecule has 0 unspecified atom stereocenters. The van der Waals surface area contributed by atoms with E-state index >= 15 is 0 Å². The third-order valence-corrected chi connectivity index (χ3v) is 2.57. The van der Waals surface area contributed by atoms with Gasteiger partial charge in [-0.1, -0.05) is 11.6 Å². The van der Waals surface area contributed by atoms with Gasteiger partial charge in [0.15, 0.2) is 0 Å². The predicted molar refractivity (Wildman–Crippen MR) is 61.9 cm³/mol. The third-order valence-electron chi connectivity index (χ3n) is 1.96. The summed E-state index contributed by atoms with van der Waals surface area (Å²) in [4.78, 5) is 11.5. The van der Waals surface area contributed by atoms with Crippen LogP contribution >= 0.6 is 11.8 Å². The van der Waals surface area contributed by atoms with Gasteiger partial charge < -0.3 is 5.32 Å². The fraction of sp³-hybridized carbons (Fsp3) is 0.364. The SMILES string of the molecule is CSCCNC(=O)c1cc(C)ccc1F. The summed E-state index contributed by atoms with van der Waals surface area (Å²) in [6.45, 7) is 2.39. The van der Waals surface area contributed by atoms with E-state index in [0.717, 1.165) is 11.3 Å². The van der Waals surface area contributed by atoms with Crippen molar-refractivity contribution < 1.29 is 9.18 Å². The van der Waals surface area contributed by atoms with Gasteiger partial charge in [-0.3, -0.25) is 4.79 Å². The Morgan fingerprint density at radius 2 is 2.27 bits per heavy atom. The number of hydrogen-bond acceptors (Lipinski definition) is 2. The number of halogens is 1. The molecule has 0 aliphatic rings. The fourth-order valence-corrected chi connectivity index (χ4v) is 1.48. The number of thioether (sulfide) groups is 1. The summed E-state index contributed by atoms with van der Waals surface area (Å²) < 4.78 is 13.3. The lowest BCUT2D eigenvalue weighted by Crippen LogP contribution is -2.26. The van der Waals surface area contributed by atoms with Crippen LogP contribution in [0, 0.1) is 12.7 Å². The molecule has 0 aromatic heterocycles. The topological polar surface area (TPSA) is 29.1 Å². The molecule has 1 aromatic rings. The highest BCUT2D eigenvalue weighted by molar-refractivity contribution is 7.98. The molecular weight excluding hydrogens is 213 g/mol. The molecule has 0 fully saturated rings. The lowest BCUT2D eigenvalue weighted by molar-refractivity contribution is 0.0952. The van der Waals surface area contributed by atoms with Crippen molar-refractivity contribution in [3.63, 3.8) is 0 Å². The number of aryl methyl sites for hydroxylation is 1. The first-order valence-electron chi connectivity index (χ1n) is 4.68. The number of carbonyl (C=O) groups excluding carboxylic acids is 1. The van der Waals surface area contributed by atoms with Gasteiger partial charge in [0.05, 0.1) is 5.56 Å². The molecule has 0 saturated carbocycles. The van der Waals surface area contributed by atoms with Gasteiger partial charge in [-0.05, 0) is 25.3 Å². The Bertz CT molecular complexity index is 354. The molecule has 15 heavy (non-hydrogen) atoms. The molecule has 2 nitrogen and oxygen atoms in total. The molecule has 0 bridgehead atoms. The third kappa shape index (κ3) is 3.55. The van der Waals surface area contributed by atoms with Gasteiger partial charge in [-0.2, -0.15) is 11.8 Å². The summed E-state index contributed by atoms with van der Waals surface area (Å²) in [5, 5.41) is 2.67. The van der Waals surface area contributed by atoms with Crippen LogP contribution in [0.15, 0.2) is 18.2 Å². The molecule has 1 aromatic carbocycles. The summed E-state index contributed by atoms with van der Waals surface area (Å²) in [6, 6.07) is 4.52. The van der Waals surface area contributed by atoms with E-state index in [4.69, 9.17) is 0 Å². The van der Waals surface area contributed by atoms with Gasteiger partial charge in [0.25, 0.3) is 5.91 Å². The Morgan fingerprint density at radius 1 is 1.53 bits per heavy atom. The minimum absolute atomic E-state index is 0.121. The number of hydrogen-bond donors (Lipinski definition) is 1. The Hall–Kier alpha value is -1.03. The van der Waals surface area contributed by atoms with Crippen molar-refractivity contribution in [2.75, 3.05) is 18.6 Å². The number of carbonyl (C=O) groups is 1. The van der Waals surface area contributed by atoms with Crippen LogP contribution in [0.4, 0.5) is 4.39 Å². The van der Waals surface area contributed by atoms with E-state index in [1.165, 1.54) is 6.07 Å². The number of rotatable bonds is 4. The summed E-state index contributed by atoms with van der Waals surface area (Å²) in [6.07, 6.45) is 1.96. The molecule has 0 spiro atoms. The largest absolute Gasteiger partial charge is 0.351 e. The highest BCUT2D eigenvalue weighted by atomic mass is 32.2. The molecule has 1 N–H and O–H groups in total. The van der Waals surface area contributed by atoms with Crippen LogP contribution in [0.5, 0.6) is 0 Å². The standard InChI is InChI=1S/C11H14FNOS/c1-8-3-4-10(12)9(7-8)11(14)13-5-6-15-2/h3-4,7H,5-6H2,1-2H3,(H,13,14).